The zero-order valence-corrected chi connectivity index (χ0v) is 17.9. The van der Waals surface area contributed by atoms with Gasteiger partial charge in [-0.2, -0.15) is 0 Å². The molecule has 4 unspecified atom stereocenters. The van der Waals surface area contributed by atoms with Crippen LogP contribution in [0.25, 0.3) is 0 Å². The SMILES string of the molecule is CCC1C(C)CC(OP(=O)(O)OC2CC(C)C(CC)C(C)C2)CC1C. The summed E-state index contributed by atoms with van der Waals surface area (Å²) in [5, 5.41) is 0. The molecule has 2 aliphatic carbocycles. The number of hydrogen-bond acceptors (Lipinski definition) is 3. The molecule has 1 N–H and O–H groups in total. The third kappa shape index (κ3) is 5.54. The highest BCUT2D eigenvalue weighted by atomic mass is 31.2. The van der Waals surface area contributed by atoms with Crippen LogP contribution in [-0.2, 0) is 13.6 Å². The van der Waals surface area contributed by atoms with Gasteiger partial charge in [-0.3, -0.25) is 9.05 Å². The van der Waals surface area contributed by atoms with Gasteiger partial charge in [0, 0.05) is 0 Å². The zero-order valence-electron chi connectivity index (χ0n) is 17.0. The molecule has 4 atom stereocenters. The van der Waals surface area contributed by atoms with Crippen LogP contribution in [0.3, 0.4) is 0 Å². The number of phosphoric acid groups is 1. The highest BCUT2D eigenvalue weighted by Gasteiger charge is 2.40. The first-order valence-electron chi connectivity index (χ1n) is 10.4. The van der Waals surface area contributed by atoms with Crippen molar-refractivity contribution in [2.45, 2.75) is 92.3 Å². The van der Waals surface area contributed by atoms with E-state index in [1.165, 1.54) is 12.8 Å². The van der Waals surface area contributed by atoms with E-state index in [2.05, 4.69) is 41.5 Å². The molecule has 2 rings (SSSR count). The number of rotatable bonds is 6. The predicted molar refractivity (Wildman–Crippen MR) is 102 cm³/mol. The summed E-state index contributed by atoms with van der Waals surface area (Å²) in [5.74, 6) is 3.48. The standard InChI is InChI=1S/C20H39O4P/c1-7-19-13(3)9-17(10-14(19)4)23-25(21,22)24-18-11-15(5)20(8-2)16(6)12-18/h13-20H,7-12H2,1-6H3,(H,21,22). The van der Waals surface area contributed by atoms with Crippen LogP contribution in [0.5, 0.6) is 0 Å². The fourth-order valence-corrected chi connectivity index (χ4v) is 7.00. The third-order valence-corrected chi connectivity index (χ3v) is 8.10. The Labute approximate surface area is 154 Å². The summed E-state index contributed by atoms with van der Waals surface area (Å²) in [5.41, 5.74) is 0. The quantitative estimate of drug-likeness (QED) is 0.576. The summed E-state index contributed by atoms with van der Waals surface area (Å²) in [7, 11) is -3.99. The Kier molecular flexibility index (Phi) is 7.59. The average Bonchev–Trinajstić information content (AvgIpc) is 2.45. The van der Waals surface area contributed by atoms with Gasteiger partial charge in [-0.05, 0) is 61.2 Å². The second-order valence-corrected chi connectivity index (χ2v) is 10.3. The van der Waals surface area contributed by atoms with E-state index in [-0.39, 0.29) is 12.2 Å². The summed E-state index contributed by atoms with van der Waals surface area (Å²) in [4.78, 5) is 10.3. The Balaban J connectivity index is 1.91. The predicted octanol–water partition coefficient (Wildman–Crippen LogP) is 6.04. The number of hydrogen-bond donors (Lipinski definition) is 1. The molecule has 2 aliphatic rings. The largest absolute Gasteiger partial charge is 0.472 e. The van der Waals surface area contributed by atoms with E-state index in [4.69, 9.17) is 9.05 Å². The van der Waals surface area contributed by atoms with Crippen molar-refractivity contribution in [3.05, 3.63) is 0 Å². The van der Waals surface area contributed by atoms with Crippen LogP contribution in [0.1, 0.15) is 80.1 Å². The molecule has 2 saturated carbocycles. The van der Waals surface area contributed by atoms with Gasteiger partial charge in [-0.25, -0.2) is 4.57 Å². The first kappa shape index (κ1) is 21.4. The normalized spacial score (nSPS) is 45.1. The van der Waals surface area contributed by atoms with Crippen LogP contribution in [0, 0.1) is 35.5 Å². The van der Waals surface area contributed by atoms with E-state index in [0.717, 1.165) is 25.7 Å². The van der Waals surface area contributed by atoms with E-state index in [0.29, 0.717) is 35.5 Å². The Morgan fingerprint density at radius 1 is 0.760 bits per heavy atom. The molecule has 0 aromatic heterocycles. The topological polar surface area (TPSA) is 55.8 Å². The molecule has 0 aliphatic heterocycles. The highest BCUT2D eigenvalue weighted by Crippen LogP contribution is 2.52. The Hall–Kier alpha value is 0.110. The molecule has 0 spiro atoms. The Bertz CT molecular complexity index is 407. The van der Waals surface area contributed by atoms with Crippen molar-refractivity contribution >= 4 is 7.82 Å². The second kappa shape index (κ2) is 8.87. The Morgan fingerprint density at radius 3 is 1.28 bits per heavy atom. The minimum Gasteiger partial charge on any atom is -0.302 e. The van der Waals surface area contributed by atoms with Crippen LogP contribution in [0.2, 0.25) is 0 Å². The van der Waals surface area contributed by atoms with Gasteiger partial charge in [0.1, 0.15) is 0 Å². The van der Waals surface area contributed by atoms with Crippen LogP contribution < -0.4 is 0 Å². The second-order valence-electron chi connectivity index (χ2n) is 8.92. The molecule has 0 aromatic carbocycles. The molecule has 0 bridgehead atoms. The molecule has 4 nitrogen and oxygen atoms in total. The molecule has 0 saturated heterocycles. The molecule has 0 amide bonds. The van der Waals surface area contributed by atoms with Crippen molar-refractivity contribution in [1.82, 2.24) is 0 Å². The molecule has 0 aromatic rings. The van der Waals surface area contributed by atoms with Gasteiger partial charge in [0.15, 0.2) is 0 Å². The molecular weight excluding hydrogens is 335 g/mol. The summed E-state index contributed by atoms with van der Waals surface area (Å²) >= 11 is 0. The van der Waals surface area contributed by atoms with E-state index in [1.807, 2.05) is 0 Å². The molecule has 5 heteroatoms. The smallest absolute Gasteiger partial charge is 0.302 e. The van der Waals surface area contributed by atoms with Gasteiger partial charge in [0.05, 0.1) is 12.2 Å². The van der Waals surface area contributed by atoms with E-state index in [1.54, 1.807) is 0 Å². The van der Waals surface area contributed by atoms with Gasteiger partial charge in [-0.1, -0.05) is 54.4 Å². The maximum Gasteiger partial charge on any atom is 0.472 e. The third-order valence-electron chi connectivity index (χ3n) is 6.97. The van der Waals surface area contributed by atoms with Crippen molar-refractivity contribution < 1.29 is 18.5 Å². The van der Waals surface area contributed by atoms with Crippen molar-refractivity contribution in [3.63, 3.8) is 0 Å². The molecule has 25 heavy (non-hydrogen) atoms. The van der Waals surface area contributed by atoms with Crippen LogP contribution >= 0.6 is 7.82 Å². The van der Waals surface area contributed by atoms with Gasteiger partial charge >= 0.3 is 7.82 Å². The Morgan fingerprint density at radius 2 is 1.04 bits per heavy atom. The molecule has 0 radical (unpaired) electrons. The van der Waals surface area contributed by atoms with E-state index >= 15 is 0 Å². The zero-order chi connectivity index (χ0) is 18.8. The van der Waals surface area contributed by atoms with Crippen molar-refractivity contribution in [2.75, 3.05) is 0 Å². The summed E-state index contributed by atoms with van der Waals surface area (Å²) in [6.07, 6.45) is 5.42. The first-order valence-corrected chi connectivity index (χ1v) is 11.9. The first-order chi connectivity index (χ1) is 11.7. The van der Waals surface area contributed by atoms with Crippen LogP contribution in [0.4, 0.5) is 0 Å². The van der Waals surface area contributed by atoms with Crippen molar-refractivity contribution in [3.8, 4) is 0 Å². The lowest BCUT2D eigenvalue weighted by Crippen LogP contribution is -2.35. The van der Waals surface area contributed by atoms with Gasteiger partial charge in [0.2, 0.25) is 0 Å². The lowest BCUT2D eigenvalue weighted by Gasteiger charge is -2.40. The molecule has 2 fully saturated rings. The van der Waals surface area contributed by atoms with Crippen molar-refractivity contribution in [2.24, 2.45) is 35.5 Å². The van der Waals surface area contributed by atoms with Gasteiger partial charge < -0.3 is 4.89 Å². The van der Waals surface area contributed by atoms with Crippen LogP contribution in [0.15, 0.2) is 0 Å². The minimum atomic E-state index is -3.99. The maximum absolute atomic E-state index is 12.6. The summed E-state index contributed by atoms with van der Waals surface area (Å²) in [6.45, 7) is 13.4. The van der Waals surface area contributed by atoms with Gasteiger partial charge in [-0.15, -0.1) is 0 Å². The van der Waals surface area contributed by atoms with Crippen LogP contribution in [-0.4, -0.2) is 17.1 Å². The summed E-state index contributed by atoms with van der Waals surface area (Å²) < 4.78 is 23.8. The minimum absolute atomic E-state index is 0.162. The molecule has 148 valence electrons. The lowest BCUT2D eigenvalue weighted by atomic mass is 9.71. The van der Waals surface area contributed by atoms with Crippen molar-refractivity contribution in [1.29, 1.82) is 0 Å². The fourth-order valence-electron chi connectivity index (χ4n) is 5.86. The highest BCUT2D eigenvalue weighted by molar-refractivity contribution is 7.47. The molecule has 0 heterocycles. The fraction of sp³-hybridized carbons (Fsp3) is 1.00. The molecular formula is C20H39O4P. The van der Waals surface area contributed by atoms with E-state index < -0.39 is 7.82 Å². The lowest BCUT2D eigenvalue weighted by molar-refractivity contribution is -0.00664. The maximum atomic E-state index is 12.6. The monoisotopic (exact) mass is 374 g/mol. The summed E-state index contributed by atoms with van der Waals surface area (Å²) in [6, 6.07) is 0. The number of phosphoric ester groups is 1. The average molecular weight is 375 g/mol. The van der Waals surface area contributed by atoms with Gasteiger partial charge in [0.25, 0.3) is 0 Å². The van der Waals surface area contributed by atoms with E-state index in [9.17, 15) is 9.46 Å².